The Hall–Kier alpha value is -1.06. The predicted octanol–water partition coefficient (Wildman–Crippen LogP) is 3.48. The maximum Gasteiger partial charge on any atom is 0.320 e. The molecule has 0 heterocycles. The molecule has 20 heavy (non-hydrogen) atoms. The van der Waals surface area contributed by atoms with Crippen LogP contribution in [0.5, 0.6) is 0 Å². The van der Waals surface area contributed by atoms with Crippen molar-refractivity contribution in [1.29, 1.82) is 0 Å². The maximum atomic E-state index is 12.2. The van der Waals surface area contributed by atoms with E-state index in [0.717, 1.165) is 12.8 Å². The van der Waals surface area contributed by atoms with Crippen molar-refractivity contribution in [2.45, 2.75) is 78.4 Å². The molecule has 1 fully saturated rings. The molecule has 0 bridgehead atoms. The lowest BCUT2D eigenvalue weighted by atomic mass is 9.93. The molecule has 1 aliphatic rings. The average molecular weight is 284 g/mol. The van der Waals surface area contributed by atoms with Crippen LogP contribution in [0.2, 0.25) is 0 Å². The van der Waals surface area contributed by atoms with Gasteiger partial charge >= 0.3 is 11.9 Å². The molecule has 0 aromatic rings. The van der Waals surface area contributed by atoms with E-state index in [1.807, 2.05) is 20.8 Å². The van der Waals surface area contributed by atoms with Gasteiger partial charge in [0, 0.05) is 0 Å². The number of rotatable bonds is 5. The van der Waals surface area contributed by atoms with Crippen molar-refractivity contribution in [2.75, 3.05) is 0 Å². The van der Waals surface area contributed by atoms with Crippen molar-refractivity contribution >= 4 is 11.9 Å². The van der Waals surface area contributed by atoms with Gasteiger partial charge in [0.05, 0.1) is 6.10 Å². The highest BCUT2D eigenvalue weighted by Crippen LogP contribution is 2.31. The topological polar surface area (TPSA) is 52.6 Å². The number of carbonyl (C=O) groups is 2. The summed E-state index contributed by atoms with van der Waals surface area (Å²) >= 11 is 0. The van der Waals surface area contributed by atoms with E-state index in [1.165, 1.54) is 12.8 Å². The lowest BCUT2D eigenvalue weighted by Gasteiger charge is -2.25. The van der Waals surface area contributed by atoms with Crippen molar-refractivity contribution in [3.63, 3.8) is 0 Å². The summed E-state index contributed by atoms with van der Waals surface area (Å²) in [5.41, 5.74) is -0.580. The first-order valence-electron chi connectivity index (χ1n) is 7.62. The molecule has 0 amide bonds. The molecule has 0 saturated heterocycles. The molecule has 1 unspecified atom stereocenters. The van der Waals surface area contributed by atoms with Crippen LogP contribution in [0.3, 0.4) is 0 Å². The number of carbonyl (C=O) groups excluding carboxylic acids is 2. The molecule has 1 saturated carbocycles. The van der Waals surface area contributed by atoms with Crippen molar-refractivity contribution in [2.24, 2.45) is 11.8 Å². The lowest BCUT2D eigenvalue weighted by molar-refractivity contribution is -0.171. The van der Waals surface area contributed by atoms with Gasteiger partial charge in [-0.3, -0.25) is 9.59 Å². The monoisotopic (exact) mass is 284 g/mol. The molecule has 1 atom stereocenters. The van der Waals surface area contributed by atoms with E-state index in [2.05, 4.69) is 0 Å². The zero-order chi connectivity index (χ0) is 15.3. The molecule has 4 heteroatoms. The highest BCUT2D eigenvalue weighted by molar-refractivity contribution is 5.95. The number of hydrogen-bond acceptors (Lipinski definition) is 4. The molecule has 0 aliphatic heterocycles. The second-order valence-corrected chi connectivity index (χ2v) is 6.96. The molecular weight excluding hydrogens is 256 g/mol. The van der Waals surface area contributed by atoms with Gasteiger partial charge in [0.25, 0.3) is 0 Å². The van der Waals surface area contributed by atoms with E-state index >= 15 is 0 Å². The molecule has 0 aromatic carbocycles. The predicted molar refractivity (Wildman–Crippen MR) is 77.1 cm³/mol. The Morgan fingerprint density at radius 1 is 1.10 bits per heavy atom. The summed E-state index contributed by atoms with van der Waals surface area (Å²) in [6.07, 6.45) is 4.90. The van der Waals surface area contributed by atoms with Crippen LogP contribution in [-0.4, -0.2) is 23.6 Å². The largest absolute Gasteiger partial charge is 0.462 e. The molecule has 1 rings (SSSR count). The molecule has 0 radical (unpaired) electrons. The van der Waals surface area contributed by atoms with Gasteiger partial charge in [-0.2, -0.15) is 0 Å². The maximum absolute atomic E-state index is 12.2. The Bertz CT molecular complexity index is 335. The van der Waals surface area contributed by atoms with E-state index in [9.17, 15) is 9.59 Å². The second kappa shape index (κ2) is 7.09. The van der Waals surface area contributed by atoms with Gasteiger partial charge in [-0.25, -0.2) is 0 Å². The van der Waals surface area contributed by atoms with Crippen molar-refractivity contribution < 1.29 is 19.1 Å². The van der Waals surface area contributed by atoms with Crippen LogP contribution in [0.4, 0.5) is 0 Å². The summed E-state index contributed by atoms with van der Waals surface area (Å²) in [5.74, 6) is -1.23. The zero-order valence-corrected chi connectivity index (χ0v) is 13.4. The summed E-state index contributed by atoms with van der Waals surface area (Å²) in [7, 11) is 0. The van der Waals surface area contributed by atoms with Crippen LogP contribution in [0.15, 0.2) is 0 Å². The normalized spacial score (nSPS) is 18.1. The third-order valence-electron chi connectivity index (χ3n) is 3.37. The first kappa shape index (κ1) is 17.0. The lowest BCUT2D eigenvalue weighted by Crippen LogP contribution is -2.35. The smallest absolute Gasteiger partial charge is 0.320 e. The van der Waals surface area contributed by atoms with E-state index in [0.29, 0.717) is 12.3 Å². The minimum Gasteiger partial charge on any atom is -0.462 e. The third kappa shape index (κ3) is 5.93. The molecule has 1 aliphatic carbocycles. The van der Waals surface area contributed by atoms with Crippen LogP contribution in [0.25, 0.3) is 0 Å². The zero-order valence-electron chi connectivity index (χ0n) is 13.4. The van der Waals surface area contributed by atoms with Crippen LogP contribution in [0, 0.1) is 11.8 Å². The van der Waals surface area contributed by atoms with E-state index < -0.39 is 23.5 Å². The third-order valence-corrected chi connectivity index (χ3v) is 3.37. The Balaban J connectivity index is 2.71. The number of hydrogen-bond donors (Lipinski definition) is 0. The first-order chi connectivity index (χ1) is 9.19. The van der Waals surface area contributed by atoms with Crippen LogP contribution in [-0.2, 0) is 19.1 Å². The number of ether oxygens (including phenoxy) is 2. The van der Waals surface area contributed by atoms with Crippen LogP contribution >= 0.6 is 0 Å². The van der Waals surface area contributed by atoms with Crippen molar-refractivity contribution in [3.8, 4) is 0 Å². The minimum absolute atomic E-state index is 0.212. The van der Waals surface area contributed by atoms with E-state index in [4.69, 9.17) is 9.47 Å². The standard InChI is InChI=1S/C16H28O4/c1-11(2)19-14(17)13(10-12-8-6-7-9-12)15(18)20-16(3,4)5/h11-13H,6-10H2,1-5H3. The Labute approximate surface area is 122 Å². The molecule has 116 valence electrons. The molecule has 0 spiro atoms. The average Bonchev–Trinajstić information content (AvgIpc) is 2.74. The highest BCUT2D eigenvalue weighted by atomic mass is 16.6. The Morgan fingerprint density at radius 3 is 2.10 bits per heavy atom. The fourth-order valence-electron chi connectivity index (χ4n) is 2.56. The van der Waals surface area contributed by atoms with Gasteiger partial charge in [-0.1, -0.05) is 25.7 Å². The van der Waals surface area contributed by atoms with Crippen molar-refractivity contribution in [3.05, 3.63) is 0 Å². The van der Waals surface area contributed by atoms with Crippen LogP contribution < -0.4 is 0 Å². The summed E-state index contributed by atoms with van der Waals surface area (Å²) < 4.78 is 10.6. The Kier molecular flexibility index (Phi) is 6.03. The molecule has 0 N–H and O–H groups in total. The molecule has 0 aromatic heterocycles. The van der Waals surface area contributed by atoms with Gasteiger partial charge in [-0.05, 0) is 47.0 Å². The minimum atomic E-state index is -0.778. The van der Waals surface area contributed by atoms with E-state index in [-0.39, 0.29) is 6.10 Å². The SMILES string of the molecule is CC(C)OC(=O)C(CC1CCCC1)C(=O)OC(C)(C)C. The summed E-state index contributed by atoms with van der Waals surface area (Å²) in [4.78, 5) is 24.4. The Morgan fingerprint density at radius 2 is 1.65 bits per heavy atom. The van der Waals surface area contributed by atoms with Crippen molar-refractivity contribution in [1.82, 2.24) is 0 Å². The number of esters is 2. The summed E-state index contributed by atoms with van der Waals surface area (Å²) in [6, 6.07) is 0. The second-order valence-electron chi connectivity index (χ2n) is 6.96. The quantitative estimate of drug-likeness (QED) is 0.573. The molecular formula is C16H28O4. The fraction of sp³-hybridized carbons (Fsp3) is 0.875. The van der Waals surface area contributed by atoms with Gasteiger partial charge in [0.2, 0.25) is 0 Å². The van der Waals surface area contributed by atoms with Gasteiger partial charge in [0.1, 0.15) is 5.60 Å². The van der Waals surface area contributed by atoms with E-state index in [1.54, 1.807) is 13.8 Å². The summed E-state index contributed by atoms with van der Waals surface area (Å²) in [5, 5.41) is 0. The fourth-order valence-corrected chi connectivity index (χ4v) is 2.56. The van der Waals surface area contributed by atoms with Gasteiger partial charge in [-0.15, -0.1) is 0 Å². The van der Waals surface area contributed by atoms with Gasteiger partial charge in [0.15, 0.2) is 5.92 Å². The highest BCUT2D eigenvalue weighted by Gasteiger charge is 2.35. The first-order valence-corrected chi connectivity index (χ1v) is 7.62. The molecule has 4 nitrogen and oxygen atoms in total. The van der Waals surface area contributed by atoms with Gasteiger partial charge < -0.3 is 9.47 Å². The van der Waals surface area contributed by atoms with Crippen LogP contribution in [0.1, 0.15) is 66.7 Å². The summed E-state index contributed by atoms with van der Waals surface area (Å²) in [6.45, 7) is 9.02.